The summed E-state index contributed by atoms with van der Waals surface area (Å²) in [6.45, 7) is 5.99. The fraction of sp³-hybridized carbons (Fsp3) is 0.632. The minimum atomic E-state index is 0.314. The smallest absolute Gasteiger partial charge is 0.237 e. The number of piperidine rings is 1. The molecule has 4 heteroatoms. The second-order valence-electron chi connectivity index (χ2n) is 7.11. The topological polar surface area (TPSA) is 23.6 Å². The van der Waals surface area contributed by atoms with E-state index in [0.717, 1.165) is 30.3 Å². The molecule has 3 atom stereocenters. The molecule has 1 aromatic rings. The van der Waals surface area contributed by atoms with Gasteiger partial charge in [0, 0.05) is 22.6 Å². The Morgan fingerprint density at radius 2 is 1.74 bits per heavy atom. The van der Waals surface area contributed by atoms with Crippen molar-refractivity contribution >= 4 is 21.8 Å². The molecule has 2 heterocycles. The lowest BCUT2D eigenvalue weighted by Gasteiger charge is -2.40. The highest BCUT2D eigenvalue weighted by molar-refractivity contribution is 9.10. The van der Waals surface area contributed by atoms with Gasteiger partial charge in [0.15, 0.2) is 0 Å². The maximum Gasteiger partial charge on any atom is 0.237 e. The molecule has 1 amide bonds. The Bertz CT molecular complexity index is 535. The van der Waals surface area contributed by atoms with Gasteiger partial charge in [-0.05, 0) is 70.2 Å². The molecule has 0 N–H and O–H groups in total. The molecule has 0 aliphatic carbocycles. The Kier molecular flexibility index (Phi) is 5.42. The minimum Gasteiger partial charge on any atom is -0.336 e. The number of amides is 1. The van der Waals surface area contributed by atoms with Crippen molar-refractivity contribution in [3.8, 4) is 0 Å². The van der Waals surface area contributed by atoms with E-state index in [1.165, 1.54) is 18.4 Å². The number of carbonyl (C=O) groups is 1. The molecule has 2 fully saturated rings. The van der Waals surface area contributed by atoms with E-state index in [1.54, 1.807) is 0 Å². The second kappa shape index (κ2) is 7.35. The van der Waals surface area contributed by atoms with E-state index >= 15 is 0 Å². The first-order valence-electron chi connectivity index (χ1n) is 8.87. The highest BCUT2D eigenvalue weighted by Crippen LogP contribution is 2.33. The van der Waals surface area contributed by atoms with Crippen LogP contribution in [0.25, 0.3) is 0 Å². The maximum atomic E-state index is 12.9. The lowest BCUT2D eigenvalue weighted by molar-refractivity contribution is -0.138. The van der Waals surface area contributed by atoms with Gasteiger partial charge in [0.1, 0.15) is 0 Å². The maximum absolute atomic E-state index is 12.9. The first-order valence-corrected chi connectivity index (χ1v) is 9.66. The van der Waals surface area contributed by atoms with Crippen LogP contribution in [0.3, 0.4) is 0 Å². The Balaban J connectivity index is 1.68. The molecule has 3 nitrogen and oxygen atoms in total. The van der Waals surface area contributed by atoms with Crippen LogP contribution in [0.15, 0.2) is 28.7 Å². The molecule has 0 saturated carbocycles. The Morgan fingerprint density at radius 1 is 1.09 bits per heavy atom. The number of nitrogens with zero attached hydrogens (tertiary/aromatic N) is 2. The fourth-order valence-corrected chi connectivity index (χ4v) is 4.51. The summed E-state index contributed by atoms with van der Waals surface area (Å²) in [6, 6.07) is 9.74. The van der Waals surface area contributed by atoms with Gasteiger partial charge in [-0.15, -0.1) is 0 Å². The monoisotopic (exact) mass is 378 g/mol. The molecular weight excluding hydrogens is 352 g/mol. The zero-order valence-corrected chi connectivity index (χ0v) is 15.8. The molecule has 3 unspecified atom stereocenters. The Morgan fingerprint density at radius 3 is 2.39 bits per heavy atom. The van der Waals surface area contributed by atoms with Crippen molar-refractivity contribution in [1.29, 1.82) is 0 Å². The van der Waals surface area contributed by atoms with Gasteiger partial charge in [-0.3, -0.25) is 9.69 Å². The van der Waals surface area contributed by atoms with Crippen molar-refractivity contribution in [3.63, 3.8) is 0 Å². The summed E-state index contributed by atoms with van der Waals surface area (Å²) in [4.78, 5) is 17.4. The molecule has 3 rings (SSSR count). The van der Waals surface area contributed by atoms with Crippen molar-refractivity contribution in [2.45, 2.75) is 64.1 Å². The molecule has 0 radical (unpaired) electrons. The third-order valence-electron chi connectivity index (χ3n) is 5.44. The number of rotatable bonds is 3. The molecule has 23 heavy (non-hydrogen) atoms. The Labute approximate surface area is 148 Å². The predicted molar refractivity (Wildman–Crippen MR) is 97.3 cm³/mol. The SMILES string of the molecule is CC1CCCC(C)N1C(=O)CN1CCCC1c1ccc(Br)cc1. The third-order valence-corrected chi connectivity index (χ3v) is 5.97. The van der Waals surface area contributed by atoms with Crippen LogP contribution in [0.4, 0.5) is 0 Å². The largest absolute Gasteiger partial charge is 0.336 e. The number of halogens is 1. The average Bonchev–Trinajstić information content (AvgIpc) is 2.96. The van der Waals surface area contributed by atoms with Crippen LogP contribution in [0.1, 0.15) is 57.6 Å². The molecule has 126 valence electrons. The van der Waals surface area contributed by atoms with Crippen LogP contribution in [-0.2, 0) is 4.79 Å². The predicted octanol–water partition coefficient (Wildman–Crippen LogP) is 4.38. The van der Waals surface area contributed by atoms with Crippen LogP contribution >= 0.6 is 15.9 Å². The second-order valence-corrected chi connectivity index (χ2v) is 8.03. The average molecular weight is 379 g/mol. The summed E-state index contributed by atoms with van der Waals surface area (Å²) in [7, 11) is 0. The molecule has 2 saturated heterocycles. The van der Waals surface area contributed by atoms with Gasteiger partial charge in [0.05, 0.1) is 6.54 Å². The summed E-state index contributed by atoms with van der Waals surface area (Å²) in [5.74, 6) is 0.314. The molecule has 2 aliphatic rings. The molecule has 0 spiro atoms. The van der Waals surface area contributed by atoms with E-state index in [1.807, 2.05) is 0 Å². The van der Waals surface area contributed by atoms with E-state index in [9.17, 15) is 4.79 Å². The molecule has 1 aromatic carbocycles. The van der Waals surface area contributed by atoms with Crippen molar-refractivity contribution in [1.82, 2.24) is 9.80 Å². The lowest BCUT2D eigenvalue weighted by atomic mass is 9.97. The van der Waals surface area contributed by atoms with Gasteiger partial charge in [-0.25, -0.2) is 0 Å². The van der Waals surface area contributed by atoms with Crippen molar-refractivity contribution in [2.75, 3.05) is 13.1 Å². The summed E-state index contributed by atoms with van der Waals surface area (Å²) in [5.41, 5.74) is 1.33. The third kappa shape index (κ3) is 3.80. The number of hydrogen-bond acceptors (Lipinski definition) is 2. The van der Waals surface area contributed by atoms with Gasteiger partial charge in [0.2, 0.25) is 5.91 Å². The molecular formula is C19H27BrN2O. The van der Waals surface area contributed by atoms with Gasteiger partial charge < -0.3 is 4.90 Å². The fourth-order valence-electron chi connectivity index (χ4n) is 4.25. The van der Waals surface area contributed by atoms with Crippen molar-refractivity contribution in [2.24, 2.45) is 0 Å². The van der Waals surface area contributed by atoms with Crippen LogP contribution in [0.2, 0.25) is 0 Å². The van der Waals surface area contributed by atoms with E-state index in [-0.39, 0.29) is 0 Å². The van der Waals surface area contributed by atoms with Crippen molar-refractivity contribution < 1.29 is 4.79 Å². The number of carbonyl (C=O) groups excluding carboxylic acids is 1. The van der Waals surface area contributed by atoms with E-state index in [0.29, 0.717) is 30.6 Å². The quantitative estimate of drug-likeness (QED) is 0.779. The highest BCUT2D eigenvalue weighted by Gasteiger charge is 2.33. The van der Waals surface area contributed by atoms with Gasteiger partial charge >= 0.3 is 0 Å². The number of benzene rings is 1. The first kappa shape index (κ1) is 17.0. The minimum absolute atomic E-state index is 0.314. The zero-order valence-electron chi connectivity index (χ0n) is 14.2. The molecule has 0 aromatic heterocycles. The lowest BCUT2D eigenvalue weighted by Crippen LogP contribution is -2.51. The summed E-state index contributed by atoms with van der Waals surface area (Å²) < 4.78 is 1.11. The number of likely N-dealkylation sites (tertiary alicyclic amines) is 2. The Hall–Kier alpha value is -0.870. The van der Waals surface area contributed by atoms with E-state index in [2.05, 4.69) is 63.8 Å². The molecule has 2 aliphatic heterocycles. The van der Waals surface area contributed by atoms with Crippen LogP contribution in [0, 0.1) is 0 Å². The zero-order chi connectivity index (χ0) is 16.4. The first-order chi connectivity index (χ1) is 11.1. The normalized spacial score (nSPS) is 29.0. The van der Waals surface area contributed by atoms with E-state index < -0.39 is 0 Å². The summed E-state index contributed by atoms with van der Waals surface area (Å²) >= 11 is 3.50. The standard InChI is InChI=1S/C19H27BrN2O/c1-14-5-3-6-15(2)22(14)19(23)13-21-12-4-7-18(21)16-8-10-17(20)11-9-16/h8-11,14-15,18H,3-7,12-13H2,1-2H3. The van der Waals surface area contributed by atoms with Crippen LogP contribution in [-0.4, -0.2) is 40.9 Å². The van der Waals surface area contributed by atoms with Gasteiger partial charge in [-0.2, -0.15) is 0 Å². The van der Waals surface area contributed by atoms with Gasteiger partial charge in [-0.1, -0.05) is 28.1 Å². The van der Waals surface area contributed by atoms with E-state index in [4.69, 9.17) is 0 Å². The molecule has 0 bridgehead atoms. The summed E-state index contributed by atoms with van der Waals surface area (Å²) in [6.07, 6.45) is 5.87. The van der Waals surface area contributed by atoms with Gasteiger partial charge in [0.25, 0.3) is 0 Å². The van der Waals surface area contributed by atoms with Crippen LogP contribution < -0.4 is 0 Å². The summed E-state index contributed by atoms with van der Waals surface area (Å²) in [5, 5.41) is 0. The van der Waals surface area contributed by atoms with Crippen LogP contribution in [0.5, 0.6) is 0 Å². The number of hydrogen-bond donors (Lipinski definition) is 0. The highest BCUT2D eigenvalue weighted by atomic mass is 79.9. The van der Waals surface area contributed by atoms with Crippen molar-refractivity contribution in [3.05, 3.63) is 34.3 Å².